The fraction of sp³-hybridized carbons (Fsp3) is 0.400. The Hall–Kier alpha value is -2.04. The van der Waals surface area contributed by atoms with Crippen molar-refractivity contribution in [3.05, 3.63) is 58.7 Å². The van der Waals surface area contributed by atoms with Crippen LogP contribution in [0.15, 0.2) is 36.4 Å². The number of benzene rings is 2. The van der Waals surface area contributed by atoms with Gasteiger partial charge in [0.1, 0.15) is 23.2 Å². The predicted molar refractivity (Wildman–Crippen MR) is 90.2 cm³/mol. The summed E-state index contributed by atoms with van der Waals surface area (Å²) in [6.07, 6.45) is -0.615. The third-order valence-electron chi connectivity index (χ3n) is 6.04. The molecule has 2 aromatic carbocycles. The minimum Gasteiger partial charge on any atom is -0.508 e. The molecular formula is C20H22O4. The number of hydrogen-bond donors (Lipinski definition) is 3. The molecule has 2 aromatic rings. The van der Waals surface area contributed by atoms with Crippen molar-refractivity contribution >= 4 is 0 Å². The molecule has 2 aliphatic carbocycles. The van der Waals surface area contributed by atoms with E-state index in [1.54, 1.807) is 12.1 Å². The molecule has 4 rings (SSSR count). The third kappa shape index (κ3) is 1.70. The van der Waals surface area contributed by atoms with Crippen LogP contribution in [0.5, 0.6) is 11.5 Å². The molecule has 0 saturated heterocycles. The van der Waals surface area contributed by atoms with Crippen molar-refractivity contribution in [1.29, 1.82) is 0 Å². The second-order valence-corrected chi connectivity index (χ2v) is 7.47. The number of hydrogen-bond acceptors (Lipinski definition) is 4. The number of fused-ring (bicyclic) bond motifs is 4. The first-order valence-corrected chi connectivity index (χ1v) is 8.22. The zero-order chi connectivity index (χ0) is 17.3. The number of rotatable bonds is 1. The standard InChI is InChI=1S/C20H22O4/c1-19(2)14-6-4-5-7-15(14)20(23)17(19)10-12-13(18(20)22)8-11(24-3)9-16(12)21/h4-9,17-18,21-23H,10H2,1-3H3. The molecule has 4 heteroatoms. The lowest BCUT2D eigenvalue weighted by atomic mass is 9.64. The van der Waals surface area contributed by atoms with Gasteiger partial charge in [-0.25, -0.2) is 0 Å². The maximum Gasteiger partial charge on any atom is 0.124 e. The number of aliphatic hydroxyl groups excluding tert-OH is 1. The van der Waals surface area contributed by atoms with E-state index in [9.17, 15) is 15.3 Å². The molecule has 4 nitrogen and oxygen atoms in total. The second kappa shape index (κ2) is 4.74. The van der Waals surface area contributed by atoms with Gasteiger partial charge in [-0.1, -0.05) is 38.1 Å². The minimum atomic E-state index is -1.37. The Labute approximate surface area is 141 Å². The van der Waals surface area contributed by atoms with Crippen LogP contribution in [-0.4, -0.2) is 22.4 Å². The summed E-state index contributed by atoms with van der Waals surface area (Å²) in [5.41, 5.74) is 1.38. The van der Waals surface area contributed by atoms with Crippen LogP contribution in [0.2, 0.25) is 0 Å². The Morgan fingerprint density at radius 2 is 1.79 bits per heavy atom. The maximum atomic E-state index is 11.6. The zero-order valence-electron chi connectivity index (χ0n) is 14.1. The molecule has 3 N–H and O–H groups in total. The van der Waals surface area contributed by atoms with Crippen LogP contribution in [0, 0.1) is 5.92 Å². The number of aliphatic hydroxyl groups is 2. The first-order chi connectivity index (χ1) is 11.3. The van der Waals surface area contributed by atoms with Gasteiger partial charge in [0.05, 0.1) is 7.11 Å². The van der Waals surface area contributed by atoms with Crippen molar-refractivity contribution in [2.75, 3.05) is 7.11 Å². The fourth-order valence-corrected chi connectivity index (χ4v) is 4.75. The van der Waals surface area contributed by atoms with Gasteiger partial charge in [-0.3, -0.25) is 0 Å². The molecule has 24 heavy (non-hydrogen) atoms. The van der Waals surface area contributed by atoms with Crippen LogP contribution in [0.1, 0.15) is 42.2 Å². The fourth-order valence-electron chi connectivity index (χ4n) is 4.75. The first kappa shape index (κ1) is 15.5. The van der Waals surface area contributed by atoms with E-state index >= 15 is 0 Å². The molecule has 0 radical (unpaired) electrons. The van der Waals surface area contributed by atoms with Crippen molar-refractivity contribution in [3.8, 4) is 11.5 Å². The molecule has 2 aliphatic rings. The molecule has 0 spiro atoms. The highest BCUT2D eigenvalue weighted by Gasteiger charge is 2.61. The van der Waals surface area contributed by atoms with Crippen molar-refractivity contribution < 1.29 is 20.1 Å². The summed E-state index contributed by atoms with van der Waals surface area (Å²) in [7, 11) is 1.52. The van der Waals surface area contributed by atoms with Crippen LogP contribution in [0.25, 0.3) is 0 Å². The van der Waals surface area contributed by atoms with Crippen molar-refractivity contribution in [2.45, 2.75) is 37.4 Å². The number of aromatic hydroxyl groups is 1. The monoisotopic (exact) mass is 326 g/mol. The van der Waals surface area contributed by atoms with Gasteiger partial charge in [0.2, 0.25) is 0 Å². The highest BCUT2D eigenvalue weighted by Crippen LogP contribution is 2.62. The third-order valence-corrected chi connectivity index (χ3v) is 6.04. The van der Waals surface area contributed by atoms with Gasteiger partial charge in [-0.15, -0.1) is 0 Å². The van der Waals surface area contributed by atoms with Crippen LogP contribution >= 0.6 is 0 Å². The largest absolute Gasteiger partial charge is 0.508 e. The van der Waals surface area contributed by atoms with E-state index < -0.39 is 11.7 Å². The topological polar surface area (TPSA) is 69.9 Å². The summed E-state index contributed by atoms with van der Waals surface area (Å²) in [6.45, 7) is 4.18. The Morgan fingerprint density at radius 3 is 2.46 bits per heavy atom. The average molecular weight is 326 g/mol. The SMILES string of the molecule is COc1cc(O)c2c(c1)C(O)C1(O)c3ccccc3C(C)(C)C1C2. The average Bonchev–Trinajstić information content (AvgIpc) is 2.75. The molecule has 0 aromatic heterocycles. The quantitative estimate of drug-likeness (QED) is 0.754. The summed E-state index contributed by atoms with van der Waals surface area (Å²) in [6, 6.07) is 11.0. The summed E-state index contributed by atoms with van der Waals surface area (Å²) in [5.74, 6) is 0.360. The number of methoxy groups -OCH3 is 1. The predicted octanol–water partition coefficient (Wildman–Crippen LogP) is 2.79. The van der Waals surface area contributed by atoms with Gasteiger partial charge in [-0.2, -0.15) is 0 Å². The van der Waals surface area contributed by atoms with Crippen LogP contribution in [-0.2, 0) is 17.4 Å². The molecular weight excluding hydrogens is 304 g/mol. The van der Waals surface area contributed by atoms with E-state index in [1.807, 2.05) is 24.3 Å². The summed E-state index contributed by atoms with van der Waals surface area (Å²) in [4.78, 5) is 0. The molecule has 126 valence electrons. The smallest absolute Gasteiger partial charge is 0.124 e. The Bertz CT molecular complexity index is 826. The van der Waals surface area contributed by atoms with Gasteiger partial charge in [0.25, 0.3) is 0 Å². The van der Waals surface area contributed by atoms with E-state index in [1.165, 1.54) is 7.11 Å². The van der Waals surface area contributed by atoms with E-state index in [0.29, 0.717) is 23.3 Å². The summed E-state index contributed by atoms with van der Waals surface area (Å²) < 4.78 is 5.21. The summed E-state index contributed by atoms with van der Waals surface area (Å²) in [5, 5.41) is 33.1. The normalized spacial score (nSPS) is 29.5. The number of phenols is 1. The van der Waals surface area contributed by atoms with E-state index in [0.717, 1.165) is 11.1 Å². The van der Waals surface area contributed by atoms with Crippen molar-refractivity contribution in [3.63, 3.8) is 0 Å². The van der Waals surface area contributed by atoms with Gasteiger partial charge in [0, 0.05) is 17.5 Å². The molecule has 0 amide bonds. The molecule has 3 atom stereocenters. The Kier molecular flexibility index (Phi) is 3.06. The van der Waals surface area contributed by atoms with Crippen LogP contribution in [0.3, 0.4) is 0 Å². The van der Waals surface area contributed by atoms with E-state index in [4.69, 9.17) is 4.74 Å². The first-order valence-electron chi connectivity index (χ1n) is 8.22. The molecule has 3 unspecified atom stereocenters. The maximum absolute atomic E-state index is 11.6. The van der Waals surface area contributed by atoms with E-state index in [2.05, 4.69) is 13.8 Å². The minimum absolute atomic E-state index is 0.109. The van der Waals surface area contributed by atoms with Crippen LogP contribution in [0.4, 0.5) is 0 Å². The molecule has 0 aliphatic heterocycles. The number of phenolic OH excluding ortho intramolecular Hbond substituents is 1. The lowest BCUT2D eigenvalue weighted by molar-refractivity contribution is -0.135. The highest BCUT2D eigenvalue weighted by atomic mass is 16.5. The Balaban J connectivity index is 1.98. The second-order valence-electron chi connectivity index (χ2n) is 7.47. The Morgan fingerprint density at radius 1 is 1.12 bits per heavy atom. The molecule has 0 heterocycles. The lowest BCUT2D eigenvalue weighted by Gasteiger charge is -2.45. The van der Waals surface area contributed by atoms with Gasteiger partial charge < -0.3 is 20.1 Å². The number of ether oxygens (including phenoxy) is 1. The lowest BCUT2D eigenvalue weighted by Crippen LogP contribution is -2.47. The van der Waals surface area contributed by atoms with E-state index in [-0.39, 0.29) is 17.1 Å². The molecule has 0 fully saturated rings. The van der Waals surface area contributed by atoms with Gasteiger partial charge in [0.15, 0.2) is 0 Å². The van der Waals surface area contributed by atoms with Gasteiger partial charge in [-0.05, 0) is 34.6 Å². The zero-order valence-corrected chi connectivity index (χ0v) is 14.1. The van der Waals surface area contributed by atoms with Crippen molar-refractivity contribution in [2.24, 2.45) is 5.92 Å². The molecule has 0 bridgehead atoms. The van der Waals surface area contributed by atoms with Crippen LogP contribution < -0.4 is 4.74 Å². The summed E-state index contributed by atoms with van der Waals surface area (Å²) >= 11 is 0. The van der Waals surface area contributed by atoms with Crippen molar-refractivity contribution in [1.82, 2.24) is 0 Å². The highest BCUT2D eigenvalue weighted by molar-refractivity contribution is 5.55. The molecule has 0 saturated carbocycles. The van der Waals surface area contributed by atoms with Gasteiger partial charge >= 0.3 is 0 Å².